The number of hydrogen-bond acceptors (Lipinski definition) is 1. The van der Waals surface area contributed by atoms with E-state index in [9.17, 15) is 9.18 Å². The van der Waals surface area contributed by atoms with Gasteiger partial charge < -0.3 is 9.88 Å². The molecule has 4 heteroatoms. The van der Waals surface area contributed by atoms with Crippen molar-refractivity contribution in [3.05, 3.63) is 60.2 Å². The highest BCUT2D eigenvalue weighted by Gasteiger charge is 2.21. The Kier molecular flexibility index (Phi) is 5.11. The molecule has 1 heterocycles. The van der Waals surface area contributed by atoms with Gasteiger partial charge in [-0.25, -0.2) is 4.39 Å². The fourth-order valence-electron chi connectivity index (χ4n) is 3.37. The van der Waals surface area contributed by atoms with E-state index in [1.165, 1.54) is 31.4 Å². The quantitative estimate of drug-likeness (QED) is 0.887. The molecule has 23 heavy (non-hydrogen) atoms. The third kappa shape index (κ3) is 4.21. The molecule has 1 aromatic heterocycles. The van der Waals surface area contributed by atoms with Gasteiger partial charge in [0, 0.05) is 18.4 Å². The molecule has 3 rings (SSSR count). The van der Waals surface area contributed by atoms with Gasteiger partial charge in [0.25, 0.3) is 0 Å². The molecule has 0 aliphatic heterocycles. The molecule has 1 N–H and O–H groups in total. The van der Waals surface area contributed by atoms with E-state index in [0.29, 0.717) is 12.5 Å². The first-order valence-corrected chi connectivity index (χ1v) is 8.39. The highest BCUT2D eigenvalue weighted by Crippen LogP contribution is 2.24. The van der Waals surface area contributed by atoms with E-state index in [-0.39, 0.29) is 17.8 Å². The molecule has 2 aromatic rings. The molecular weight excluding hydrogens is 291 g/mol. The highest BCUT2D eigenvalue weighted by molar-refractivity contribution is 5.77. The third-order valence-electron chi connectivity index (χ3n) is 4.57. The molecule has 0 radical (unpaired) electrons. The molecule has 1 fully saturated rings. The van der Waals surface area contributed by atoms with Crippen LogP contribution in [0.2, 0.25) is 0 Å². The Bertz CT molecular complexity index is 633. The van der Waals surface area contributed by atoms with Crippen LogP contribution in [0.5, 0.6) is 0 Å². The van der Waals surface area contributed by atoms with Crippen molar-refractivity contribution in [2.45, 2.75) is 50.6 Å². The van der Waals surface area contributed by atoms with E-state index in [1.54, 1.807) is 6.07 Å². The second kappa shape index (κ2) is 7.44. The van der Waals surface area contributed by atoms with Crippen molar-refractivity contribution in [2.75, 3.05) is 0 Å². The normalized spacial score (nSPS) is 16.9. The molecular formula is C19H23FN2O. The number of rotatable bonds is 5. The van der Waals surface area contributed by atoms with E-state index in [1.807, 2.05) is 35.2 Å². The van der Waals surface area contributed by atoms with Crippen LogP contribution in [0.4, 0.5) is 4.39 Å². The number of nitrogens with one attached hydrogen (secondary N) is 1. The van der Waals surface area contributed by atoms with E-state index in [4.69, 9.17) is 0 Å². The summed E-state index contributed by atoms with van der Waals surface area (Å²) < 4.78 is 15.5. The van der Waals surface area contributed by atoms with Crippen LogP contribution in [0.3, 0.4) is 0 Å². The lowest BCUT2D eigenvalue weighted by Crippen LogP contribution is -2.37. The zero-order chi connectivity index (χ0) is 16.1. The number of halogens is 1. The van der Waals surface area contributed by atoms with Crippen LogP contribution in [0.25, 0.3) is 0 Å². The summed E-state index contributed by atoms with van der Waals surface area (Å²) in [5.74, 6) is -0.229. The Labute approximate surface area is 136 Å². The maximum absolute atomic E-state index is 13.6. The maximum Gasteiger partial charge on any atom is 0.222 e. The number of amides is 1. The van der Waals surface area contributed by atoms with Gasteiger partial charge in [0.15, 0.2) is 0 Å². The summed E-state index contributed by atoms with van der Waals surface area (Å²) in [5.41, 5.74) is 0.819. The van der Waals surface area contributed by atoms with E-state index >= 15 is 0 Å². The first-order chi connectivity index (χ1) is 11.2. The van der Waals surface area contributed by atoms with Crippen molar-refractivity contribution in [1.29, 1.82) is 0 Å². The largest absolute Gasteiger partial charge is 0.353 e. The number of hydrogen-bond donors (Lipinski definition) is 1. The third-order valence-corrected chi connectivity index (χ3v) is 4.57. The van der Waals surface area contributed by atoms with Crippen LogP contribution in [0.15, 0.2) is 48.8 Å². The Morgan fingerprint density at radius 1 is 1.17 bits per heavy atom. The zero-order valence-electron chi connectivity index (χ0n) is 13.2. The highest BCUT2D eigenvalue weighted by atomic mass is 19.1. The number of aromatic nitrogens is 1. The molecule has 0 bridgehead atoms. The van der Waals surface area contributed by atoms with Gasteiger partial charge in [-0.2, -0.15) is 0 Å². The number of carbonyl (C=O) groups excluding carboxylic acids is 1. The SMILES string of the molecule is O=C(C[C@H](c1cccc(F)c1)n1cccc1)NC1CCCCC1. The molecule has 1 saturated carbocycles. The average molecular weight is 314 g/mol. The van der Waals surface area contributed by atoms with E-state index in [0.717, 1.165) is 18.4 Å². The van der Waals surface area contributed by atoms with Crippen LogP contribution < -0.4 is 5.32 Å². The lowest BCUT2D eigenvalue weighted by Gasteiger charge is -2.25. The second-order valence-electron chi connectivity index (χ2n) is 6.31. The number of carbonyl (C=O) groups is 1. The fraction of sp³-hybridized carbons (Fsp3) is 0.421. The van der Waals surface area contributed by atoms with Crippen LogP contribution in [-0.2, 0) is 4.79 Å². The fourth-order valence-corrected chi connectivity index (χ4v) is 3.37. The Balaban J connectivity index is 1.72. The van der Waals surface area contributed by atoms with Crippen LogP contribution in [-0.4, -0.2) is 16.5 Å². The first-order valence-electron chi connectivity index (χ1n) is 8.39. The topological polar surface area (TPSA) is 34.0 Å². The molecule has 0 spiro atoms. The Morgan fingerprint density at radius 3 is 2.61 bits per heavy atom. The zero-order valence-corrected chi connectivity index (χ0v) is 13.2. The summed E-state index contributed by atoms with van der Waals surface area (Å²) in [6, 6.07) is 10.5. The number of nitrogens with zero attached hydrogens (tertiary/aromatic N) is 1. The summed E-state index contributed by atoms with van der Waals surface area (Å²) in [4.78, 5) is 12.5. The first kappa shape index (κ1) is 15.8. The molecule has 122 valence electrons. The lowest BCUT2D eigenvalue weighted by atomic mass is 9.95. The molecule has 1 aromatic carbocycles. The predicted octanol–water partition coefficient (Wildman–Crippen LogP) is 4.06. The van der Waals surface area contributed by atoms with Gasteiger partial charge >= 0.3 is 0 Å². The van der Waals surface area contributed by atoms with Crippen molar-refractivity contribution < 1.29 is 9.18 Å². The summed E-state index contributed by atoms with van der Waals surface area (Å²) in [5, 5.41) is 3.15. The minimum atomic E-state index is -0.271. The summed E-state index contributed by atoms with van der Waals surface area (Å²) >= 11 is 0. The summed E-state index contributed by atoms with van der Waals surface area (Å²) in [6.45, 7) is 0. The van der Waals surface area contributed by atoms with Crippen molar-refractivity contribution >= 4 is 5.91 Å². The Hall–Kier alpha value is -2.10. The van der Waals surface area contributed by atoms with Gasteiger partial charge in [-0.1, -0.05) is 31.4 Å². The van der Waals surface area contributed by atoms with Gasteiger partial charge in [0.2, 0.25) is 5.91 Å². The minimum absolute atomic E-state index is 0.0415. The van der Waals surface area contributed by atoms with Crippen LogP contribution in [0.1, 0.15) is 50.1 Å². The maximum atomic E-state index is 13.6. The van der Waals surface area contributed by atoms with E-state index in [2.05, 4.69) is 5.32 Å². The lowest BCUT2D eigenvalue weighted by molar-refractivity contribution is -0.122. The van der Waals surface area contributed by atoms with Gasteiger partial charge in [0.1, 0.15) is 5.82 Å². The van der Waals surface area contributed by atoms with Crippen molar-refractivity contribution in [3.8, 4) is 0 Å². The standard InChI is InChI=1S/C19H23FN2O/c20-16-8-6-7-15(13-16)18(22-11-4-5-12-22)14-19(23)21-17-9-2-1-3-10-17/h4-8,11-13,17-18H,1-3,9-10,14H2,(H,21,23)/t18-/m1/s1. The van der Waals surface area contributed by atoms with Crippen LogP contribution >= 0.6 is 0 Å². The minimum Gasteiger partial charge on any atom is -0.353 e. The van der Waals surface area contributed by atoms with Gasteiger partial charge in [-0.05, 0) is 42.7 Å². The molecule has 1 amide bonds. The van der Waals surface area contributed by atoms with Gasteiger partial charge in [-0.3, -0.25) is 4.79 Å². The predicted molar refractivity (Wildman–Crippen MR) is 88.6 cm³/mol. The van der Waals surface area contributed by atoms with Gasteiger partial charge in [0.05, 0.1) is 12.5 Å². The molecule has 3 nitrogen and oxygen atoms in total. The van der Waals surface area contributed by atoms with E-state index < -0.39 is 0 Å². The molecule has 0 saturated heterocycles. The summed E-state index contributed by atoms with van der Waals surface area (Å²) in [7, 11) is 0. The molecule has 1 aliphatic carbocycles. The number of benzene rings is 1. The molecule has 1 atom stereocenters. The molecule has 1 aliphatic rings. The summed E-state index contributed by atoms with van der Waals surface area (Å²) in [6.07, 6.45) is 9.95. The Morgan fingerprint density at radius 2 is 1.91 bits per heavy atom. The van der Waals surface area contributed by atoms with Crippen molar-refractivity contribution in [1.82, 2.24) is 9.88 Å². The molecule has 0 unspecified atom stereocenters. The average Bonchev–Trinajstić information content (AvgIpc) is 3.08. The monoisotopic (exact) mass is 314 g/mol. The second-order valence-corrected chi connectivity index (χ2v) is 6.31. The van der Waals surface area contributed by atoms with Crippen molar-refractivity contribution in [3.63, 3.8) is 0 Å². The van der Waals surface area contributed by atoms with Crippen molar-refractivity contribution in [2.24, 2.45) is 0 Å². The van der Waals surface area contributed by atoms with Gasteiger partial charge in [-0.15, -0.1) is 0 Å². The van der Waals surface area contributed by atoms with Crippen LogP contribution in [0, 0.1) is 5.82 Å². The smallest absolute Gasteiger partial charge is 0.222 e.